The number of aromatic nitrogens is 2. The van der Waals surface area contributed by atoms with Crippen LogP contribution in [0, 0.1) is 17.1 Å². The highest BCUT2D eigenvalue weighted by Gasteiger charge is 2.35. The van der Waals surface area contributed by atoms with E-state index in [1.54, 1.807) is 13.1 Å². The molecule has 1 aromatic carbocycles. The van der Waals surface area contributed by atoms with E-state index in [2.05, 4.69) is 31.2 Å². The lowest BCUT2D eigenvalue weighted by Gasteiger charge is -2.43. The van der Waals surface area contributed by atoms with Crippen molar-refractivity contribution < 1.29 is 14.3 Å². The van der Waals surface area contributed by atoms with E-state index in [-0.39, 0.29) is 11.6 Å². The summed E-state index contributed by atoms with van der Waals surface area (Å²) in [7, 11) is 1.74. The van der Waals surface area contributed by atoms with Gasteiger partial charge in [0.25, 0.3) is 0 Å². The number of rotatable bonds is 4. The van der Waals surface area contributed by atoms with E-state index in [0.29, 0.717) is 53.4 Å². The number of benzene rings is 1. The van der Waals surface area contributed by atoms with Crippen LogP contribution in [0.2, 0.25) is 0 Å². The van der Waals surface area contributed by atoms with Crippen molar-refractivity contribution in [3.8, 4) is 17.3 Å². The second kappa shape index (κ2) is 9.28. The molecule has 32 heavy (non-hydrogen) atoms. The number of hydrogen-bond donors (Lipinski definition) is 2. The highest BCUT2D eigenvalue weighted by molar-refractivity contribution is 9.10. The number of nitrogens with zero attached hydrogens (tertiary/aromatic N) is 5. The summed E-state index contributed by atoms with van der Waals surface area (Å²) in [6, 6.07) is 6.10. The molecule has 1 aliphatic heterocycles. The largest absolute Gasteiger partial charge is 0.465 e. The number of piperidine rings is 1. The average molecular weight is 505 g/mol. The summed E-state index contributed by atoms with van der Waals surface area (Å²) < 4.78 is 14.8. The minimum atomic E-state index is -0.918. The molecule has 1 aromatic heterocycles. The van der Waals surface area contributed by atoms with Crippen LogP contribution < -0.4 is 10.2 Å². The molecule has 0 saturated carbocycles. The SMILES string of the molecule is CNc1nc(N2CCC(N(C(=O)O)C(C)(C)C)CC2)nc(-c2ccc(C#N)c(F)c2)c1Br. The van der Waals surface area contributed by atoms with E-state index >= 15 is 0 Å². The number of halogens is 2. The predicted octanol–water partition coefficient (Wildman–Crippen LogP) is 4.71. The molecule has 0 atom stereocenters. The Morgan fingerprint density at radius 2 is 2.00 bits per heavy atom. The van der Waals surface area contributed by atoms with Gasteiger partial charge in [-0.05, 0) is 61.7 Å². The maximum atomic E-state index is 14.2. The third kappa shape index (κ3) is 4.78. The summed E-state index contributed by atoms with van der Waals surface area (Å²) in [5.41, 5.74) is 0.510. The summed E-state index contributed by atoms with van der Waals surface area (Å²) in [6.45, 7) is 6.88. The van der Waals surface area contributed by atoms with Crippen molar-refractivity contribution in [1.29, 1.82) is 5.26 Å². The molecule has 1 saturated heterocycles. The molecule has 170 valence electrons. The molecule has 2 N–H and O–H groups in total. The Morgan fingerprint density at radius 1 is 1.34 bits per heavy atom. The molecule has 0 aliphatic carbocycles. The first-order chi connectivity index (χ1) is 15.1. The highest BCUT2D eigenvalue weighted by Crippen LogP contribution is 2.35. The van der Waals surface area contributed by atoms with Gasteiger partial charge < -0.3 is 20.2 Å². The first kappa shape index (κ1) is 23.7. The average Bonchev–Trinajstić information content (AvgIpc) is 2.73. The zero-order valence-corrected chi connectivity index (χ0v) is 20.1. The minimum Gasteiger partial charge on any atom is -0.465 e. The third-order valence-corrected chi connectivity index (χ3v) is 6.23. The van der Waals surface area contributed by atoms with Crippen molar-refractivity contribution in [3.05, 3.63) is 34.1 Å². The number of anilines is 2. The lowest BCUT2D eigenvalue weighted by molar-refractivity contribution is 0.0615. The maximum Gasteiger partial charge on any atom is 0.407 e. The van der Waals surface area contributed by atoms with Crippen LogP contribution in [-0.2, 0) is 0 Å². The van der Waals surface area contributed by atoms with Gasteiger partial charge in [0.1, 0.15) is 17.7 Å². The van der Waals surface area contributed by atoms with Crippen molar-refractivity contribution in [2.45, 2.75) is 45.2 Å². The van der Waals surface area contributed by atoms with Crippen LogP contribution in [0.3, 0.4) is 0 Å². The molecule has 1 fully saturated rings. The standard InChI is InChI=1S/C22H26BrFN6O2/c1-22(2,3)30(21(31)32)15-7-9-29(10-8-15)20-27-18(17(23)19(26-4)28-20)13-5-6-14(12-25)16(24)11-13/h5-6,11,15H,7-10H2,1-4H3,(H,31,32)(H,26,27,28). The van der Waals surface area contributed by atoms with E-state index in [1.165, 1.54) is 17.0 Å². The van der Waals surface area contributed by atoms with Crippen LogP contribution in [0.1, 0.15) is 39.2 Å². The Morgan fingerprint density at radius 3 is 2.50 bits per heavy atom. The second-order valence-electron chi connectivity index (χ2n) is 8.63. The quantitative estimate of drug-likeness (QED) is 0.620. The number of hydrogen-bond acceptors (Lipinski definition) is 6. The summed E-state index contributed by atoms with van der Waals surface area (Å²) in [5, 5.41) is 21.7. The van der Waals surface area contributed by atoms with E-state index in [1.807, 2.05) is 31.7 Å². The van der Waals surface area contributed by atoms with E-state index in [9.17, 15) is 14.3 Å². The number of carboxylic acid groups (broad SMARTS) is 1. The van der Waals surface area contributed by atoms with Crippen molar-refractivity contribution in [3.63, 3.8) is 0 Å². The smallest absolute Gasteiger partial charge is 0.407 e. The Hall–Kier alpha value is -2.93. The minimum absolute atomic E-state index is 0.0307. The molecule has 0 bridgehead atoms. The zero-order chi connectivity index (χ0) is 23.6. The van der Waals surface area contributed by atoms with Crippen LogP contribution >= 0.6 is 15.9 Å². The fourth-order valence-corrected chi connectivity index (χ4v) is 4.61. The molecule has 8 nitrogen and oxygen atoms in total. The first-order valence-corrected chi connectivity index (χ1v) is 11.1. The second-order valence-corrected chi connectivity index (χ2v) is 9.43. The molecule has 3 rings (SSSR count). The van der Waals surface area contributed by atoms with Crippen LogP contribution in [0.5, 0.6) is 0 Å². The summed E-state index contributed by atoms with van der Waals surface area (Å²) >= 11 is 3.50. The number of carbonyl (C=O) groups is 1. The number of amides is 1. The Bertz CT molecular complexity index is 1060. The van der Waals surface area contributed by atoms with Gasteiger partial charge in [0.05, 0.1) is 15.7 Å². The van der Waals surface area contributed by atoms with E-state index < -0.39 is 17.4 Å². The Labute approximate surface area is 195 Å². The molecule has 10 heteroatoms. The van der Waals surface area contributed by atoms with Gasteiger partial charge in [0.2, 0.25) is 5.95 Å². The Kier molecular flexibility index (Phi) is 6.88. The summed E-state index contributed by atoms with van der Waals surface area (Å²) in [6.07, 6.45) is 0.385. The molecule has 1 aliphatic rings. The van der Waals surface area contributed by atoms with Crippen LogP contribution in [0.25, 0.3) is 11.3 Å². The van der Waals surface area contributed by atoms with Crippen molar-refractivity contribution in [2.24, 2.45) is 0 Å². The van der Waals surface area contributed by atoms with Crippen LogP contribution in [0.4, 0.5) is 21.0 Å². The number of nitrogens with one attached hydrogen (secondary N) is 1. The molecule has 0 unspecified atom stereocenters. The lowest BCUT2D eigenvalue weighted by atomic mass is 9.97. The zero-order valence-electron chi connectivity index (χ0n) is 18.5. The normalized spacial score (nSPS) is 14.7. The van der Waals surface area contributed by atoms with Gasteiger partial charge in [0.15, 0.2) is 0 Å². The van der Waals surface area contributed by atoms with Crippen molar-refractivity contribution in [2.75, 3.05) is 30.4 Å². The monoisotopic (exact) mass is 504 g/mol. The molecular formula is C22H26BrFN6O2. The van der Waals surface area contributed by atoms with E-state index in [4.69, 9.17) is 5.26 Å². The van der Waals surface area contributed by atoms with Crippen LogP contribution in [-0.4, -0.2) is 57.8 Å². The molecule has 2 heterocycles. The van der Waals surface area contributed by atoms with Crippen molar-refractivity contribution in [1.82, 2.24) is 14.9 Å². The van der Waals surface area contributed by atoms with Gasteiger partial charge in [0, 0.05) is 37.3 Å². The van der Waals surface area contributed by atoms with Gasteiger partial charge in [-0.25, -0.2) is 14.2 Å². The lowest BCUT2D eigenvalue weighted by Crippen LogP contribution is -2.54. The summed E-state index contributed by atoms with van der Waals surface area (Å²) in [4.78, 5) is 24.6. The first-order valence-electron chi connectivity index (χ1n) is 10.3. The van der Waals surface area contributed by atoms with Gasteiger partial charge in [-0.2, -0.15) is 10.2 Å². The predicted molar refractivity (Wildman–Crippen MR) is 124 cm³/mol. The van der Waals surface area contributed by atoms with Gasteiger partial charge in [-0.15, -0.1) is 0 Å². The Balaban J connectivity index is 1.90. The maximum absolute atomic E-state index is 14.2. The third-order valence-electron chi connectivity index (χ3n) is 5.48. The molecular weight excluding hydrogens is 479 g/mol. The van der Waals surface area contributed by atoms with E-state index in [0.717, 1.165) is 0 Å². The molecule has 0 spiro atoms. The molecule has 0 radical (unpaired) electrons. The van der Waals surface area contributed by atoms with Crippen molar-refractivity contribution >= 4 is 33.8 Å². The highest BCUT2D eigenvalue weighted by atomic mass is 79.9. The number of nitriles is 1. The fraction of sp³-hybridized carbons (Fsp3) is 0.455. The van der Waals surface area contributed by atoms with Gasteiger partial charge in [-0.3, -0.25) is 0 Å². The van der Waals surface area contributed by atoms with Gasteiger partial charge >= 0.3 is 6.09 Å². The molecule has 1 amide bonds. The van der Waals surface area contributed by atoms with Gasteiger partial charge in [-0.1, -0.05) is 6.07 Å². The van der Waals surface area contributed by atoms with Crippen LogP contribution in [0.15, 0.2) is 22.7 Å². The topological polar surface area (TPSA) is 105 Å². The summed E-state index contributed by atoms with van der Waals surface area (Å²) in [5.74, 6) is 0.423. The molecule has 2 aromatic rings. The fourth-order valence-electron chi connectivity index (χ4n) is 4.00.